The minimum absolute atomic E-state index is 0.0940. The number of aldehydes is 1. The molecule has 0 aliphatic rings. The summed E-state index contributed by atoms with van der Waals surface area (Å²) in [6.07, 6.45) is 0.527. The zero-order valence-electron chi connectivity index (χ0n) is 5.69. The van der Waals surface area contributed by atoms with Gasteiger partial charge >= 0.3 is 0 Å². The molecule has 1 N–H and O–H groups in total. The number of carbonyl (C=O) groups is 1. The third-order valence-corrected chi connectivity index (χ3v) is 0.964. The second-order valence-corrected chi connectivity index (χ2v) is 1.76. The van der Waals surface area contributed by atoms with E-state index in [-0.39, 0.29) is 24.9 Å². The Hall–Kier alpha value is -1.36. The zero-order valence-corrected chi connectivity index (χ0v) is 5.69. The van der Waals surface area contributed by atoms with Crippen LogP contribution < -0.4 is 4.74 Å². The summed E-state index contributed by atoms with van der Waals surface area (Å²) in [6, 6.07) is 1.35. The third kappa shape index (κ3) is 2.05. The molecule has 1 rings (SSSR count). The zero-order chi connectivity index (χ0) is 8.10. The van der Waals surface area contributed by atoms with Crippen LogP contribution in [0.3, 0.4) is 0 Å². The Balaban J connectivity index is 2.51. The Kier molecular flexibility index (Phi) is 2.62. The summed E-state index contributed by atoms with van der Waals surface area (Å²) in [5, 5.41) is 11.7. The highest BCUT2D eigenvalue weighted by molar-refractivity contribution is 5.70. The molecule has 1 aromatic heterocycles. The van der Waals surface area contributed by atoms with Crippen LogP contribution in [0, 0.1) is 0 Å². The number of carbonyl (C=O) groups excluding carboxylic acids is 1. The molecule has 5 nitrogen and oxygen atoms in total. The van der Waals surface area contributed by atoms with Crippen molar-refractivity contribution in [2.24, 2.45) is 0 Å². The topological polar surface area (TPSA) is 72.6 Å². The predicted octanol–water partition coefficient (Wildman–Crippen LogP) is -0.142. The van der Waals surface area contributed by atoms with Gasteiger partial charge in [-0.1, -0.05) is 0 Å². The first-order chi connectivity index (χ1) is 5.36. The van der Waals surface area contributed by atoms with Crippen LogP contribution in [0.1, 0.15) is 10.6 Å². The second kappa shape index (κ2) is 3.72. The van der Waals surface area contributed by atoms with Crippen molar-refractivity contribution in [3.8, 4) is 5.88 Å². The van der Waals surface area contributed by atoms with E-state index in [4.69, 9.17) is 9.84 Å². The number of hydrogen-bond acceptors (Lipinski definition) is 5. The van der Waals surface area contributed by atoms with Gasteiger partial charge < -0.3 is 14.4 Å². The molecule has 0 saturated heterocycles. The van der Waals surface area contributed by atoms with Crippen LogP contribution in [-0.4, -0.2) is 29.8 Å². The Morgan fingerprint density at radius 3 is 3.18 bits per heavy atom. The van der Waals surface area contributed by atoms with E-state index in [1.165, 1.54) is 6.07 Å². The van der Waals surface area contributed by atoms with Gasteiger partial charge in [-0.05, 0) is 5.16 Å². The first-order valence-electron chi connectivity index (χ1n) is 3.02. The lowest BCUT2D eigenvalue weighted by Crippen LogP contribution is -2.01. The molecule has 0 radical (unpaired) electrons. The minimum Gasteiger partial charge on any atom is -0.473 e. The summed E-state index contributed by atoms with van der Waals surface area (Å²) in [5.74, 6) is 0.319. The van der Waals surface area contributed by atoms with Crippen molar-refractivity contribution in [3.63, 3.8) is 0 Å². The molecule has 1 heterocycles. The Labute approximate surface area is 62.6 Å². The molecular formula is C6H7NO4. The number of hydrogen-bond donors (Lipinski definition) is 1. The van der Waals surface area contributed by atoms with Crippen LogP contribution in [-0.2, 0) is 0 Å². The summed E-state index contributed by atoms with van der Waals surface area (Å²) >= 11 is 0. The van der Waals surface area contributed by atoms with Crippen molar-refractivity contribution in [3.05, 3.63) is 11.8 Å². The van der Waals surface area contributed by atoms with Crippen LogP contribution in [0.5, 0.6) is 5.88 Å². The fourth-order valence-electron chi connectivity index (χ4n) is 0.546. The van der Waals surface area contributed by atoms with Crippen LogP contribution in [0.2, 0.25) is 0 Å². The highest BCUT2D eigenvalue weighted by atomic mass is 16.5. The molecule has 0 saturated carbocycles. The highest BCUT2D eigenvalue weighted by Gasteiger charge is 2.01. The van der Waals surface area contributed by atoms with Crippen molar-refractivity contribution >= 4 is 6.29 Å². The molecule has 60 valence electrons. The summed E-state index contributed by atoms with van der Waals surface area (Å²) in [6.45, 7) is 0.0497. The fourth-order valence-corrected chi connectivity index (χ4v) is 0.546. The Bertz CT molecular complexity index is 232. The minimum atomic E-state index is -0.0940. The molecule has 0 amide bonds. The molecule has 0 fully saturated rings. The van der Waals surface area contributed by atoms with Gasteiger partial charge in [-0.3, -0.25) is 4.79 Å². The van der Waals surface area contributed by atoms with E-state index in [2.05, 4.69) is 9.68 Å². The second-order valence-electron chi connectivity index (χ2n) is 1.76. The van der Waals surface area contributed by atoms with Crippen molar-refractivity contribution in [2.45, 2.75) is 0 Å². The number of ether oxygens (including phenoxy) is 1. The van der Waals surface area contributed by atoms with Gasteiger partial charge in [0.05, 0.1) is 12.7 Å². The number of aliphatic hydroxyl groups is 1. The molecule has 1 aromatic rings. The normalized spacial score (nSPS) is 9.55. The van der Waals surface area contributed by atoms with Gasteiger partial charge in [-0.25, -0.2) is 0 Å². The van der Waals surface area contributed by atoms with Crippen LogP contribution >= 0.6 is 0 Å². The van der Waals surface area contributed by atoms with Crippen molar-refractivity contribution < 1.29 is 19.2 Å². The monoisotopic (exact) mass is 157 g/mol. The van der Waals surface area contributed by atoms with E-state index in [9.17, 15) is 4.79 Å². The SMILES string of the molecule is O=Cc1cc(OCCO)no1. The van der Waals surface area contributed by atoms with Gasteiger partial charge in [-0.2, -0.15) is 0 Å². The molecule has 5 heteroatoms. The average molecular weight is 157 g/mol. The maximum atomic E-state index is 10.1. The third-order valence-electron chi connectivity index (χ3n) is 0.964. The highest BCUT2D eigenvalue weighted by Crippen LogP contribution is 2.08. The maximum absolute atomic E-state index is 10.1. The van der Waals surface area contributed by atoms with Gasteiger partial charge in [0.2, 0.25) is 5.76 Å². The molecule has 0 bridgehead atoms. The number of aromatic nitrogens is 1. The van der Waals surface area contributed by atoms with Gasteiger partial charge in [0.1, 0.15) is 6.61 Å². The van der Waals surface area contributed by atoms with Crippen LogP contribution in [0.25, 0.3) is 0 Å². The Morgan fingerprint density at radius 2 is 2.64 bits per heavy atom. The number of rotatable bonds is 4. The van der Waals surface area contributed by atoms with Crippen molar-refractivity contribution in [2.75, 3.05) is 13.2 Å². The molecular weight excluding hydrogens is 150 g/mol. The van der Waals surface area contributed by atoms with E-state index in [1.54, 1.807) is 0 Å². The van der Waals surface area contributed by atoms with Gasteiger partial charge in [-0.15, -0.1) is 0 Å². The Morgan fingerprint density at radius 1 is 1.82 bits per heavy atom. The lowest BCUT2D eigenvalue weighted by Gasteiger charge is -1.94. The van der Waals surface area contributed by atoms with E-state index in [0.29, 0.717) is 6.29 Å². The predicted molar refractivity (Wildman–Crippen MR) is 34.5 cm³/mol. The molecule has 0 aliphatic heterocycles. The van der Waals surface area contributed by atoms with Crippen LogP contribution in [0.15, 0.2) is 10.6 Å². The standard InChI is InChI=1S/C6H7NO4/c8-1-2-10-6-3-5(4-9)11-7-6/h3-4,8H,1-2H2. The molecule has 11 heavy (non-hydrogen) atoms. The van der Waals surface area contributed by atoms with Crippen LogP contribution in [0.4, 0.5) is 0 Å². The van der Waals surface area contributed by atoms with Gasteiger partial charge in [0.25, 0.3) is 5.88 Å². The summed E-state index contributed by atoms with van der Waals surface area (Å²) in [5.41, 5.74) is 0. The van der Waals surface area contributed by atoms with Gasteiger partial charge in [0.15, 0.2) is 6.29 Å². The number of aliphatic hydroxyl groups excluding tert-OH is 1. The summed E-state index contributed by atoms with van der Waals surface area (Å²) in [4.78, 5) is 10.1. The van der Waals surface area contributed by atoms with E-state index in [1.807, 2.05) is 0 Å². The lowest BCUT2D eigenvalue weighted by atomic mass is 10.5. The first-order valence-corrected chi connectivity index (χ1v) is 3.02. The summed E-state index contributed by atoms with van der Waals surface area (Å²) < 4.78 is 9.31. The largest absolute Gasteiger partial charge is 0.473 e. The molecule has 0 atom stereocenters. The van der Waals surface area contributed by atoms with Gasteiger partial charge in [0, 0.05) is 0 Å². The van der Waals surface area contributed by atoms with Crippen molar-refractivity contribution in [1.29, 1.82) is 0 Å². The smallest absolute Gasteiger partial charge is 0.254 e. The fraction of sp³-hybridized carbons (Fsp3) is 0.333. The number of nitrogens with zero attached hydrogens (tertiary/aromatic N) is 1. The van der Waals surface area contributed by atoms with E-state index >= 15 is 0 Å². The summed E-state index contributed by atoms with van der Waals surface area (Å²) in [7, 11) is 0. The molecule has 0 spiro atoms. The molecule has 0 unspecified atom stereocenters. The molecule has 0 aromatic carbocycles. The maximum Gasteiger partial charge on any atom is 0.254 e. The quantitative estimate of drug-likeness (QED) is 0.615. The van der Waals surface area contributed by atoms with Crippen molar-refractivity contribution in [1.82, 2.24) is 5.16 Å². The lowest BCUT2D eigenvalue weighted by molar-refractivity contribution is 0.109. The van der Waals surface area contributed by atoms with E-state index in [0.717, 1.165) is 0 Å². The average Bonchev–Trinajstić information content (AvgIpc) is 2.48. The first kappa shape index (κ1) is 7.74. The van der Waals surface area contributed by atoms with E-state index < -0.39 is 0 Å². The molecule has 0 aliphatic carbocycles.